The summed E-state index contributed by atoms with van der Waals surface area (Å²) >= 11 is 1.41. The molecule has 1 N–H and O–H groups in total. The molecule has 3 rings (SSSR count). The second-order valence-electron chi connectivity index (χ2n) is 6.24. The van der Waals surface area contributed by atoms with Crippen molar-refractivity contribution in [1.29, 1.82) is 0 Å². The Morgan fingerprint density at radius 3 is 2.96 bits per heavy atom. The number of carbonyl (C=O) groups is 1. The van der Waals surface area contributed by atoms with Crippen molar-refractivity contribution in [2.45, 2.75) is 38.8 Å². The van der Waals surface area contributed by atoms with Crippen LogP contribution in [-0.2, 0) is 30.5 Å². The number of nitrogens with one attached hydrogen (secondary N) is 1. The normalized spacial score (nSPS) is 23.2. The zero-order valence-corrected chi connectivity index (χ0v) is 16.8. The Bertz CT molecular complexity index is 634. The summed E-state index contributed by atoms with van der Waals surface area (Å²) in [7, 11) is 2.15. The monoisotopic (exact) mass is 485 g/mol. The topological polar surface area (TPSA) is 44.8 Å². The molecule has 2 aliphatic rings. The number of carbonyl (C=O) groups excluding carboxylic acids is 1. The van der Waals surface area contributed by atoms with Gasteiger partial charge < -0.3 is 0 Å². The molecule has 0 saturated carbocycles. The van der Waals surface area contributed by atoms with Gasteiger partial charge in [0.2, 0.25) is 0 Å². The van der Waals surface area contributed by atoms with Crippen LogP contribution in [0.2, 0.25) is 0 Å². The van der Waals surface area contributed by atoms with Crippen LogP contribution in [0, 0.1) is 0 Å². The number of hydrogen-bond donors (Lipinski definition) is 1. The van der Waals surface area contributed by atoms with Crippen LogP contribution in [0.15, 0.2) is 18.2 Å². The first kappa shape index (κ1) is 16.7. The molecule has 23 heavy (non-hydrogen) atoms. The van der Waals surface area contributed by atoms with Gasteiger partial charge in [0.05, 0.1) is 0 Å². The third-order valence-corrected chi connectivity index (χ3v) is 5.20. The van der Waals surface area contributed by atoms with Gasteiger partial charge in [0, 0.05) is 0 Å². The van der Waals surface area contributed by atoms with Crippen LogP contribution in [0.25, 0.3) is 0 Å². The van der Waals surface area contributed by atoms with Gasteiger partial charge in [0.15, 0.2) is 0 Å². The summed E-state index contributed by atoms with van der Waals surface area (Å²) in [6.45, 7) is 5.56. The van der Waals surface area contributed by atoms with E-state index in [0.29, 0.717) is 19.1 Å². The van der Waals surface area contributed by atoms with Crippen LogP contribution in [0.5, 0.6) is 0 Å². The van der Waals surface area contributed by atoms with E-state index < -0.39 is 0 Å². The van der Waals surface area contributed by atoms with Crippen LogP contribution >= 0.6 is 0 Å². The van der Waals surface area contributed by atoms with E-state index in [9.17, 15) is 4.79 Å². The molecule has 5 nitrogen and oxygen atoms in total. The third kappa shape index (κ3) is 3.36. The van der Waals surface area contributed by atoms with Crippen molar-refractivity contribution in [2.24, 2.45) is 0 Å². The van der Waals surface area contributed by atoms with Crippen LogP contribution in [-0.4, -0.2) is 42.4 Å². The van der Waals surface area contributed by atoms with Crippen molar-refractivity contribution < 1.29 is 28.9 Å². The van der Waals surface area contributed by atoms with Crippen LogP contribution in [0.4, 0.5) is 16.2 Å². The molecule has 1 unspecified atom stereocenters. The van der Waals surface area contributed by atoms with E-state index in [2.05, 4.69) is 36.3 Å². The van der Waals surface area contributed by atoms with E-state index in [1.165, 1.54) is 34.6 Å². The molecular weight excluding hydrogens is 462 g/mol. The number of likely N-dealkylation sites (N-methyl/N-ethyl adjacent to an activating group) is 1. The molecule has 2 atom stereocenters. The Kier molecular flexibility index (Phi) is 4.88. The van der Waals surface area contributed by atoms with Gasteiger partial charge in [0.25, 0.3) is 0 Å². The molecule has 2 heterocycles. The summed E-state index contributed by atoms with van der Waals surface area (Å²) < 4.78 is 6.69. The number of ether oxygens (including phenoxy) is 1. The molecule has 0 bridgehead atoms. The first-order valence-corrected chi connectivity index (χ1v) is 9.54. The van der Waals surface area contributed by atoms with E-state index in [0.717, 1.165) is 18.5 Å². The van der Waals surface area contributed by atoms with Crippen molar-refractivity contribution in [1.82, 2.24) is 5.32 Å². The quantitative estimate of drug-likeness (QED) is 0.694. The summed E-state index contributed by atoms with van der Waals surface area (Å²) in [5.41, 5.74) is 3.56. The number of amides is 1. The van der Waals surface area contributed by atoms with E-state index >= 15 is 0 Å². The van der Waals surface area contributed by atoms with Gasteiger partial charge in [-0.3, -0.25) is 0 Å². The van der Waals surface area contributed by atoms with E-state index in [-0.39, 0.29) is 12.2 Å². The van der Waals surface area contributed by atoms with Gasteiger partial charge in [-0.15, -0.1) is 0 Å². The molecular formula is C17H23N3O2W. The van der Waals surface area contributed by atoms with Gasteiger partial charge in [-0.1, -0.05) is 6.92 Å². The molecule has 0 radical (unpaired) electrons. The van der Waals surface area contributed by atoms with E-state index in [4.69, 9.17) is 4.74 Å². The van der Waals surface area contributed by atoms with Gasteiger partial charge >= 0.3 is 141 Å². The molecule has 0 aromatic heterocycles. The third-order valence-electron chi connectivity index (χ3n) is 4.68. The number of fused-ring (bicyclic) bond motifs is 1. The van der Waals surface area contributed by atoms with Crippen LogP contribution in [0.1, 0.15) is 25.8 Å². The van der Waals surface area contributed by atoms with Crippen LogP contribution < -0.4 is 15.1 Å². The van der Waals surface area contributed by atoms with Crippen molar-refractivity contribution in [3.8, 4) is 0 Å². The number of cyclic esters (lactones) is 1. The summed E-state index contributed by atoms with van der Waals surface area (Å²) in [4.78, 5) is 16.3. The van der Waals surface area contributed by atoms with Gasteiger partial charge in [-0.25, -0.2) is 0 Å². The molecule has 1 aromatic carbocycles. The molecule has 2 aliphatic heterocycles. The maximum absolute atomic E-state index is 12.2. The Morgan fingerprint density at radius 2 is 2.26 bits per heavy atom. The Balaban J connectivity index is 1.73. The molecule has 1 amide bonds. The fraction of sp³-hybridized carbons (Fsp3) is 0.529. The average molecular weight is 485 g/mol. The summed E-state index contributed by atoms with van der Waals surface area (Å²) in [5, 5.41) is 3.28. The number of nitrogens with zero attached hydrogens (tertiary/aromatic N) is 2. The van der Waals surface area contributed by atoms with Crippen molar-refractivity contribution >= 4 is 21.5 Å². The van der Waals surface area contributed by atoms with Gasteiger partial charge in [-0.2, -0.15) is 0 Å². The first-order chi connectivity index (χ1) is 11.0. The molecule has 1 fully saturated rings. The summed E-state index contributed by atoms with van der Waals surface area (Å²) in [6.07, 6.45) is 1.86. The predicted octanol–water partition coefficient (Wildman–Crippen LogP) is 2.07. The summed E-state index contributed by atoms with van der Waals surface area (Å²) in [6, 6.07) is 6.88. The average Bonchev–Trinajstić information content (AvgIpc) is 3.05. The number of benzene rings is 1. The number of anilines is 2. The minimum absolute atomic E-state index is 0.0869. The van der Waals surface area contributed by atoms with Gasteiger partial charge in [-0.05, 0) is 0 Å². The Hall–Kier alpha value is -1.19. The fourth-order valence-electron chi connectivity index (χ4n) is 3.35. The number of rotatable bonds is 5. The molecule has 1 aromatic rings. The summed E-state index contributed by atoms with van der Waals surface area (Å²) in [5.74, 6) is 0. The van der Waals surface area contributed by atoms with Crippen molar-refractivity contribution in [3.05, 3.63) is 23.8 Å². The van der Waals surface area contributed by atoms with Crippen molar-refractivity contribution in [2.75, 3.05) is 29.9 Å². The van der Waals surface area contributed by atoms with Crippen molar-refractivity contribution in [3.63, 3.8) is 0 Å². The second kappa shape index (κ2) is 6.74. The fourth-order valence-corrected chi connectivity index (χ4v) is 3.65. The molecule has 6 heteroatoms. The van der Waals surface area contributed by atoms with Crippen LogP contribution in [0.3, 0.4) is 0 Å². The Labute approximate surface area is 148 Å². The molecule has 124 valence electrons. The molecule has 1 saturated heterocycles. The maximum atomic E-state index is 12.2. The molecule has 0 aliphatic carbocycles. The standard InChI is InChI=1S/C17H23N3O2.W/c1-4-13-8-12-9-14(6-7-16(12)19(13)3)20-11-15(10-18-5-2)22-17(20)21;/h6-7,9,13,15,18H,4,8,10-11H2,1-3H3;/t13?,15-;/m0./s1. The predicted molar refractivity (Wildman–Crippen MR) is 88.9 cm³/mol. The minimum atomic E-state index is -0.240. The SMILES string of the molecule is CCC1Cc2cc(N3C[C@H](CN[C](C)=[W])OC3=O)ccc2N1C. The van der Waals surface area contributed by atoms with Gasteiger partial charge in [0.1, 0.15) is 0 Å². The van der Waals surface area contributed by atoms with E-state index in [1.807, 2.05) is 13.0 Å². The van der Waals surface area contributed by atoms with E-state index in [1.54, 1.807) is 4.90 Å². The first-order valence-electron chi connectivity index (χ1n) is 8.08. The second-order valence-corrected chi connectivity index (χ2v) is 8.44. The zero-order valence-electron chi connectivity index (χ0n) is 13.8. The molecule has 0 spiro atoms. The Morgan fingerprint density at radius 1 is 1.48 bits per heavy atom. The number of hydrogen-bond acceptors (Lipinski definition) is 4. The zero-order chi connectivity index (χ0) is 16.6.